The van der Waals surface area contributed by atoms with Crippen molar-refractivity contribution in [3.63, 3.8) is 0 Å². The summed E-state index contributed by atoms with van der Waals surface area (Å²) in [6.45, 7) is 3.13. The van der Waals surface area contributed by atoms with Gasteiger partial charge in [-0.1, -0.05) is 35.0 Å². The van der Waals surface area contributed by atoms with Crippen molar-refractivity contribution in [2.24, 2.45) is 0 Å². The molecule has 2 aromatic rings. The van der Waals surface area contributed by atoms with E-state index in [0.29, 0.717) is 0 Å². The quantitative estimate of drug-likeness (QED) is 0.708. The predicted octanol–water partition coefficient (Wildman–Crippen LogP) is 5.32. The molecule has 2 rings (SSSR count). The van der Waals surface area contributed by atoms with Crippen LogP contribution in [0.25, 0.3) is 0 Å². The number of nitrogens with one attached hydrogen (secondary N) is 1. The van der Waals surface area contributed by atoms with Gasteiger partial charge < -0.3 is 5.32 Å². The first kappa shape index (κ1) is 15.7. The van der Waals surface area contributed by atoms with Gasteiger partial charge in [-0.05, 0) is 54.9 Å². The molecule has 1 heterocycles. The summed E-state index contributed by atoms with van der Waals surface area (Å²) < 4.78 is 14.1. The summed E-state index contributed by atoms with van der Waals surface area (Å²) in [6, 6.07) is 9.46. The average molecular weight is 356 g/mol. The molecule has 0 fully saturated rings. The van der Waals surface area contributed by atoms with Gasteiger partial charge in [0.1, 0.15) is 5.82 Å². The second-order valence-electron chi connectivity index (χ2n) is 4.79. The molecule has 0 spiro atoms. The standard InChI is InChI=1S/C16H19BrFNS/c1-2-9-19-16(8-6-13-4-3-10-20-13)14-7-5-12(18)11-15(14)17/h3-5,7,10-11,16,19H,2,6,8-9H2,1H3. The minimum absolute atomic E-state index is 0.201. The van der Waals surface area contributed by atoms with Gasteiger partial charge in [-0.3, -0.25) is 0 Å². The number of hydrogen-bond donors (Lipinski definition) is 1. The first-order valence-corrected chi connectivity index (χ1v) is 8.58. The van der Waals surface area contributed by atoms with Crippen LogP contribution in [0.5, 0.6) is 0 Å². The highest BCUT2D eigenvalue weighted by Crippen LogP contribution is 2.28. The van der Waals surface area contributed by atoms with Crippen molar-refractivity contribution >= 4 is 27.3 Å². The molecule has 0 saturated heterocycles. The molecular formula is C16H19BrFNS. The molecule has 0 saturated carbocycles. The summed E-state index contributed by atoms with van der Waals surface area (Å²) in [5.74, 6) is -0.201. The first-order valence-electron chi connectivity index (χ1n) is 6.91. The van der Waals surface area contributed by atoms with E-state index in [-0.39, 0.29) is 11.9 Å². The number of halogens is 2. The van der Waals surface area contributed by atoms with Crippen LogP contribution in [0.15, 0.2) is 40.2 Å². The molecule has 0 amide bonds. The second kappa shape index (κ2) is 7.91. The van der Waals surface area contributed by atoms with E-state index in [0.717, 1.165) is 35.8 Å². The fourth-order valence-electron chi connectivity index (χ4n) is 2.21. The molecule has 1 atom stereocenters. The lowest BCUT2D eigenvalue weighted by atomic mass is 10.0. The van der Waals surface area contributed by atoms with Crippen molar-refractivity contribution < 1.29 is 4.39 Å². The highest BCUT2D eigenvalue weighted by molar-refractivity contribution is 9.10. The van der Waals surface area contributed by atoms with E-state index in [1.807, 2.05) is 6.07 Å². The molecule has 1 aromatic heterocycles. The van der Waals surface area contributed by atoms with Crippen LogP contribution >= 0.6 is 27.3 Å². The molecule has 4 heteroatoms. The van der Waals surface area contributed by atoms with Crippen molar-refractivity contribution in [2.45, 2.75) is 32.2 Å². The number of benzene rings is 1. The molecule has 0 aliphatic heterocycles. The van der Waals surface area contributed by atoms with E-state index in [1.54, 1.807) is 17.4 Å². The Morgan fingerprint density at radius 1 is 1.35 bits per heavy atom. The normalized spacial score (nSPS) is 12.6. The van der Waals surface area contributed by atoms with E-state index < -0.39 is 0 Å². The zero-order valence-corrected chi connectivity index (χ0v) is 13.9. The number of rotatable bonds is 7. The molecule has 0 aliphatic carbocycles. The largest absolute Gasteiger partial charge is 0.310 e. The third kappa shape index (κ3) is 4.40. The Kier molecular flexibility index (Phi) is 6.20. The maximum absolute atomic E-state index is 13.2. The lowest BCUT2D eigenvalue weighted by Gasteiger charge is -2.20. The Morgan fingerprint density at radius 2 is 2.20 bits per heavy atom. The molecular weight excluding hydrogens is 337 g/mol. The molecule has 1 nitrogen and oxygen atoms in total. The van der Waals surface area contributed by atoms with Crippen LogP contribution in [0, 0.1) is 5.82 Å². The Hall–Kier alpha value is -0.710. The van der Waals surface area contributed by atoms with Crippen LogP contribution in [0.1, 0.15) is 36.2 Å². The zero-order valence-electron chi connectivity index (χ0n) is 11.5. The van der Waals surface area contributed by atoms with Gasteiger partial charge in [-0.2, -0.15) is 0 Å². The summed E-state index contributed by atoms with van der Waals surface area (Å²) in [7, 11) is 0. The molecule has 1 N–H and O–H groups in total. The van der Waals surface area contributed by atoms with Gasteiger partial charge in [0, 0.05) is 15.4 Å². The van der Waals surface area contributed by atoms with E-state index in [9.17, 15) is 4.39 Å². The van der Waals surface area contributed by atoms with E-state index in [4.69, 9.17) is 0 Å². The third-order valence-electron chi connectivity index (χ3n) is 3.24. The smallest absolute Gasteiger partial charge is 0.124 e. The van der Waals surface area contributed by atoms with Crippen LogP contribution < -0.4 is 5.32 Å². The monoisotopic (exact) mass is 355 g/mol. The fourth-order valence-corrected chi connectivity index (χ4v) is 3.56. The molecule has 0 bridgehead atoms. The maximum atomic E-state index is 13.2. The third-order valence-corrected chi connectivity index (χ3v) is 4.86. The number of aryl methyl sites for hydroxylation is 1. The van der Waals surface area contributed by atoms with Gasteiger partial charge >= 0.3 is 0 Å². The van der Waals surface area contributed by atoms with Crippen LogP contribution in [0.3, 0.4) is 0 Å². The van der Waals surface area contributed by atoms with Gasteiger partial charge in [-0.15, -0.1) is 11.3 Å². The Bertz CT molecular complexity index is 527. The van der Waals surface area contributed by atoms with E-state index >= 15 is 0 Å². The van der Waals surface area contributed by atoms with Crippen LogP contribution in [0.4, 0.5) is 4.39 Å². The van der Waals surface area contributed by atoms with Gasteiger partial charge in [-0.25, -0.2) is 4.39 Å². The van der Waals surface area contributed by atoms with Crippen LogP contribution in [-0.2, 0) is 6.42 Å². The maximum Gasteiger partial charge on any atom is 0.124 e. The van der Waals surface area contributed by atoms with Gasteiger partial charge in [0.2, 0.25) is 0 Å². The topological polar surface area (TPSA) is 12.0 Å². The lowest BCUT2D eigenvalue weighted by molar-refractivity contribution is 0.498. The van der Waals surface area contributed by atoms with Crippen LogP contribution in [-0.4, -0.2) is 6.54 Å². The molecule has 1 unspecified atom stereocenters. The Balaban J connectivity index is 2.09. The Labute approximate surface area is 132 Å². The minimum atomic E-state index is -0.201. The van der Waals surface area contributed by atoms with Crippen molar-refractivity contribution in [2.75, 3.05) is 6.54 Å². The lowest BCUT2D eigenvalue weighted by Crippen LogP contribution is -2.23. The van der Waals surface area contributed by atoms with Gasteiger partial charge in [0.15, 0.2) is 0 Å². The van der Waals surface area contributed by atoms with E-state index in [2.05, 4.69) is 45.7 Å². The molecule has 108 valence electrons. The minimum Gasteiger partial charge on any atom is -0.310 e. The van der Waals surface area contributed by atoms with Crippen LogP contribution in [0.2, 0.25) is 0 Å². The predicted molar refractivity (Wildman–Crippen MR) is 87.8 cm³/mol. The fraction of sp³-hybridized carbons (Fsp3) is 0.375. The van der Waals surface area contributed by atoms with Crippen molar-refractivity contribution in [1.29, 1.82) is 0 Å². The number of thiophene rings is 1. The summed E-state index contributed by atoms with van der Waals surface area (Å²) in [5.41, 5.74) is 1.14. The van der Waals surface area contributed by atoms with Gasteiger partial charge in [0.25, 0.3) is 0 Å². The summed E-state index contributed by atoms with van der Waals surface area (Å²) >= 11 is 5.27. The molecule has 0 aliphatic rings. The van der Waals surface area contributed by atoms with Crippen molar-refractivity contribution in [1.82, 2.24) is 5.32 Å². The average Bonchev–Trinajstić information content (AvgIpc) is 2.93. The molecule has 1 aromatic carbocycles. The Morgan fingerprint density at radius 3 is 2.85 bits per heavy atom. The summed E-state index contributed by atoms with van der Waals surface area (Å²) in [4.78, 5) is 1.39. The number of hydrogen-bond acceptors (Lipinski definition) is 2. The van der Waals surface area contributed by atoms with Crippen molar-refractivity contribution in [3.05, 3.63) is 56.4 Å². The molecule has 0 radical (unpaired) electrons. The van der Waals surface area contributed by atoms with Crippen molar-refractivity contribution in [3.8, 4) is 0 Å². The SMILES string of the molecule is CCCNC(CCc1cccs1)c1ccc(F)cc1Br. The highest BCUT2D eigenvalue weighted by atomic mass is 79.9. The van der Waals surface area contributed by atoms with Gasteiger partial charge in [0.05, 0.1) is 0 Å². The first-order chi connectivity index (χ1) is 9.70. The molecule has 20 heavy (non-hydrogen) atoms. The second-order valence-corrected chi connectivity index (χ2v) is 6.68. The zero-order chi connectivity index (χ0) is 14.4. The summed E-state index contributed by atoms with van der Waals surface area (Å²) in [5, 5.41) is 5.67. The summed E-state index contributed by atoms with van der Waals surface area (Å²) in [6.07, 6.45) is 3.15. The van der Waals surface area contributed by atoms with E-state index in [1.165, 1.54) is 10.9 Å². The highest BCUT2D eigenvalue weighted by Gasteiger charge is 2.14.